The molecule has 4 atom stereocenters. The quantitative estimate of drug-likeness (QED) is 0.516. The lowest BCUT2D eigenvalue weighted by atomic mass is 10.1. The van der Waals surface area contributed by atoms with Crippen molar-refractivity contribution < 1.29 is 14.3 Å². The number of carbonyl (C=O) groups is 2. The van der Waals surface area contributed by atoms with Crippen molar-refractivity contribution in [1.29, 1.82) is 0 Å². The number of aryl methyl sites for hydroxylation is 1. The fraction of sp³-hybridized carbons (Fsp3) is 0.548. The molecule has 4 fully saturated rings. The summed E-state index contributed by atoms with van der Waals surface area (Å²) < 4.78 is 6.29. The van der Waals surface area contributed by atoms with Crippen LogP contribution < -0.4 is 9.64 Å². The zero-order valence-electron chi connectivity index (χ0n) is 23.3. The zero-order valence-corrected chi connectivity index (χ0v) is 23.3. The Kier molecular flexibility index (Phi) is 6.59. The summed E-state index contributed by atoms with van der Waals surface area (Å²) in [7, 11) is 2.15. The normalized spacial score (nSPS) is 28.1. The first-order chi connectivity index (χ1) is 19.5. The minimum atomic E-state index is -0.182. The van der Waals surface area contributed by atoms with E-state index in [0.29, 0.717) is 50.6 Å². The number of benzene rings is 1. The van der Waals surface area contributed by atoms with Gasteiger partial charge in [-0.05, 0) is 56.5 Å². The second kappa shape index (κ2) is 10.3. The molecule has 4 saturated heterocycles. The molecular formula is C31H38N6O3. The van der Waals surface area contributed by atoms with Crippen molar-refractivity contribution in [3.63, 3.8) is 0 Å². The van der Waals surface area contributed by atoms with Crippen molar-refractivity contribution >= 4 is 17.5 Å². The lowest BCUT2D eigenvalue weighted by molar-refractivity contribution is -0.129. The number of Topliss-reactive ketones (excluding diaryl/α,β-unsaturated/α-hetero) is 1. The van der Waals surface area contributed by atoms with Gasteiger partial charge in [0.15, 0.2) is 0 Å². The second-order valence-electron chi connectivity index (χ2n) is 12.1. The van der Waals surface area contributed by atoms with E-state index < -0.39 is 0 Å². The molecule has 0 N–H and O–H groups in total. The van der Waals surface area contributed by atoms with E-state index in [1.54, 1.807) is 0 Å². The highest BCUT2D eigenvalue weighted by Crippen LogP contribution is 2.43. The molecule has 3 unspecified atom stereocenters. The number of nitrogens with zero attached hydrogens (tertiary/aromatic N) is 6. The molecule has 6 heterocycles. The van der Waals surface area contributed by atoms with Crippen LogP contribution in [0, 0.1) is 0 Å². The Labute approximate surface area is 235 Å². The van der Waals surface area contributed by atoms with Crippen LogP contribution >= 0.6 is 0 Å². The van der Waals surface area contributed by atoms with Gasteiger partial charge in [0.25, 0.3) is 0 Å². The molecule has 0 spiro atoms. The van der Waals surface area contributed by atoms with Gasteiger partial charge in [-0.2, -0.15) is 9.97 Å². The number of hydrogen-bond donors (Lipinski definition) is 0. The number of ether oxygens (including phenoxy) is 1. The highest BCUT2D eigenvalue weighted by molar-refractivity contribution is 5.89. The van der Waals surface area contributed by atoms with Gasteiger partial charge >= 0.3 is 6.01 Å². The lowest BCUT2D eigenvalue weighted by Gasteiger charge is -2.44. The van der Waals surface area contributed by atoms with Gasteiger partial charge in [0, 0.05) is 56.7 Å². The number of likely N-dealkylation sites (N-methyl/N-ethyl adjacent to an activating group) is 1. The topological polar surface area (TPSA) is 82.1 Å². The molecule has 210 valence electrons. The molecule has 9 heteroatoms. The van der Waals surface area contributed by atoms with E-state index in [2.05, 4.69) is 52.6 Å². The molecule has 1 aromatic heterocycles. The molecule has 2 bridgehead atoms. The maximum Gasteiger partial charge on any atom is 0.318 e. The number of aromatic nitrogens is 2. The first-order valence-electron chi connectivity index (χ1n) is 14.7. The fourth-order valence-corrected chi connectivity index (χ4v) is 7.59. The summed E-state index contributed by atoms with van der Waals surface area (Å²) in [5.74, 6) is 0.976. The average Bonchev–Trinajstić information content (AvgIpc) is 3.64. The third-order valence-electron chi connectivity index (χ3n) is 9.74. The number of fused-ring (bicyclic) bond motifs is 6. The SMILES string of the molecule is C=CC(=O)N1CC2CC(=O)CC1CN2c1nc(OC[C@@H]2CCCN2C)nc2c1CN(C1CCc3ccccc31)C2. The van der Waals surface area contributed by atoms with Gasteiger partial charge < -0.3 is 19.4 Å². The van der Waals surface area contributed by atoms with Crippen LogP contribution in [-0.2, 0) is 29.1 Å². The molecule has 0 saturated carbocycles. The molecule has 9 nitrogen and oxygen atoms in total. The van der Waals surface area contributed by atoms with E-state index >= 15 is 0 Å². The van der Waals surface area contributed by atoms with Gasteiger partial charge in [-0.15, -0.1) is 0 Å². The summed E-state index contributed by atoms with van der Waals surface area (Å²) in [6, 6.07) is 9.63. The minimum Gasteiger partial charge on any atom is -0.462 e. The van der Waals surface area contributed by atoms with Crippen LogP contribution in [0.15, 0.2) is 36.9 Å². The number of anilines is 1. The molecule has 1 amide bonds. The largest absolute Gasteiger partial charge is 0.462 e. The lowest BCUT2D eigenvalue weighted by Crippen LogP contribution is -2.58. The standard InChI is InChI=1S/C31H38N6O3/c1-3-29(39)36-15-23-14-24(38)13-22(36)16-37(23)30-26-17-35(28-11-10-20-7-4-5-9-25(20)28)18-27(26)32-31(33-30)40-19-21-8-6-12-34(21)2/h3-5,7,9,21-23,28H,1,6,8,10-19H2,2H3/t21-,22?,23?,28?/m0/s1. The Balaban J connectivity index is 1.22. The Morgan fingerprint density at radius 1 is 1.12 bits per heavy atom. The molecule has 0 radical (unpaired) electrons. The van der Waals surface area contributed by atoms with Crippen LogP contribution in [-0.4, -0.2) is 87.8 Å². The van der Waals surface area contributed by atoms with Gasteiger partial charge in [-0.3, -0.25) is 14.5 Å². The van der Waals surface area contributed by atoms with E-state index in [1.165, 1.54) is 23.6 Å². The van der Waals surface area contributed by atoms with Gasteiger partial charge in [0.2, 0.25) is 5.91 Å². The zero-order chi connectivity index (χ0) is 27.4. The van der Waals surface area contributed by atoms with Gasteiger partial charge in [0.05, 0.1) is 17.8 Å². The van der Waals surface area contributed by atoms with Gasteiger partial charge in [-0.25, -0.2) is 0 Å². The van der Waals surface area contributed by atoms with Crippen LogP contribution in [0.1, 0.15) is 60.5 Å². The fourth-order valence-electron chi connectivity index (χ4n) is 7.59. The monoisotopic (exact) mass is 542 g/mol. The summed E-state index contributed by atoms with van der Waals surface area (Å²) in [4.78, 5) is 44.5. The van der Waals surface area contributed by atoms with Crippen molar-refractivity contribution in [1.82, 2.24) is 24.7 Å². The number of rotatable bonds is 6. The highest BCUT2D eigenvalue weighted by Gasteiger charge is 2.44. The predicted octanol–water partition coefficient (Wildman–Crippen LogP) is 2.89. The van der Waals surface area contributed by atoms with E-state index in [1.807, 2.05) is 4.90 Å². The Bertz CT molecular complexity index is 1350. The molecule has 5 aliphatic heterocycles. The summed E-state index contributed by atoms with van der Waals surface area (Å²) in [5, 5.41) is 0. The van der Waals surface area contributed by atoms with Gasteiger partial charge in [-0.1, -0.05) is 30.8 Å². The van der Waals surface area contributed by atoms with Gasteiger partial charge in [0.1, 0.15) is 18.2 Å². The molecule has 40 heavy (non-hydrogen) atoms. The van der Waals surface area contributed by atoms with Crippen LogP contribution in [0.2, 0.25) is 0 Å². The second-order valence-corrected chi connectivity index (χ2v) is 12.1. The number of piperazine rings is 1. The summed E-state index contributed by atoms with van der Waals surface area (Å²) in [6.45, 7) is 7.96. The van der Waals surface area contributed by atoms with E-state index in [9.17, 15) is 9.59 Å². The molecular weight excluding hydrogens is 504 g/mol. The highest BCUT2D eigenvalue weighted by atomic mass is 16.5. The molecule has 2 aromatic rings. The van der Waals surface area contributed by atoms with Crippen molar-refractivity contribution in [2.75, 3.05) is 38.2 Å². The molecule has 6 aliphatic rings. The predicted molar refractivity (Wildman–Crippen MR) is 151 cm³/mol. The molecule has 1 aliphatic carbocycles. The van der Waals surface area contributed by atoms with Crippen LogP contribution in [0.25, 0.3) is 0 Å². The minimum absolute atomic E-state index is 0.104. The number of hydrogen-bond acceptors (Lipinski definition) is 8. The summed E-state index contributed by atoms with van der Waals surface area (Å²) in [5.41, 5.74) is 5.02. The summed E-state index contributed by atoms with van der Waals surface area (Å²) >= 11 is 0. The summed E-state index contributed by atoms with van der Waals surface area (Å²) in [6.07, 6.45) is 6.66. The first-order valence-corrected chi connectivity index (χ1v) is 14.7. The molecule has 1 aromatic carbocycles. The first kappa shape index (κ1) is 25.7. The Morgan fingerprint density at radius 3 is 2.80 bits per heavy atom. The number of likely N-dealkylation sites (tertiary alicyclic amines) is 1. The van der Waals surface area contributed by atoms with E-state index in [4.69, 9.17) is 14.7 Å². The van der Waals surface area contributed by atoms with Crippen molar-refractivity contribution in [3.05, 3.63) is 59.3 Å². The van der Waals surface area contributed by atoms with Crippen molar-refractivity contribution in [2.45, 2.75) is 75.8 Å². The van der Waals surface area contributed by atoms with Crippen LogP contribution in [0.5, 0.6) is 6.01 Å². The molecule has 8 rings (SSSR count). The number of amides is 1. The smallest absolute Gasteiger partial charge is 0.318 e. The maximum atomic E-state index is 12.8. The third kappa shape index (κ3) is 4.49. The maximum absolute atomic E-state index is 12.8. The third-order valence-corrected chi connectivity index (χ3v) is 9.74. The Hall–Kier alpha value is -3.30. The Morgan fingerprint density at radius 2 is 1.98 bits per heavy atom. The van der Waals surface area contributed by atoms with E-state index in [0.717, 1.165) is 56.0 Å². The van der Waals surface area contributed by atoms with E-state index in [-0.39, 0.29) is 23.8 Å². The average molecular weight is 543 g/mol. The van der Waals surface area contributed by atoms with Crippen LogP contribution in [0.3, 0.4) is 0 Å². The van der Waals surface area contributed by atoms with Crippen molar-refractivity contribution in [2.24, 2.45) is 0 Å². The number of carbonyl (C=O) groups excluding carboxylic acids is 2. The van der Waals surface area contributed by atoms with Crippen molar-refractivity contribution in [3.8, 4) is 6.01 Å². The number of ketones is 1. The van der Waals surface area contributed by atoms with Crippen LogP contribution in [0.4, 0.5) is 5.82 Å².